The number of aliphatic hydroxyl groups excluding tert-OH is 1. The Morgan fingerprint density at radius 2 is 0.538 bits per heavy atom. The van der Waals surface area contributed by atoms with Crippen LogP contribution in [0.15, 0.2) is 158 Å². The largest absolute Gasteiger partial charge is 0.472 e. The Bertz CT molecular complexity index is 2590. The molecule has 5 atom stereocenters. The van der Waals surface area contributed by atoms with Crippen molar-refractivity contribution >= 4 is 39.5 Å². The topological polar surface area (TPSA) is 237 Å². The van der Waals surface area contributed by atoms with Crippen molar-refractivity contribution in [2.45, 2.75) is 316 Å². The van der Waals surface area contributed by atoms with Crippen LogP contribution in [0.4, 0.5) is 0 Å². The number of hydrogen-bond acceptors (Lipinski definition) is 15. The third-order valence-corrected chi connectivity index (χ3v) is 17.9. The zero-order chi connectivity index (χ0) is 76.0. The molecule has 5 unspecified atom stereocenters. The predicted octanol–water partition coefficient (Wildman–Crippen LogP) is 23.2. The lowest BCUT2D eigenvalue weighted by Gasteiger charge is -2.21. The summed E-state index contributed by atoms with van der Waals surface area (Å²) in [5.74, 6) is -2.36. The first kappa shape index (κ1) is 98.7. The second kappa shape index (κ2) is 75.9. The molecule has 0 spiro atoms. The van der Waals surface area contributed by atoms with Crippen LogP contribution in [-0.4, -0.2) is 96.7 Å². The van der Waals surface area contributed by atoms with Crippen molar-refractivity contribution in [2.24, 2.45) is 0 Å². The zero-order valence-electron chi connectivity index (χ0n) is 64.6. The number of phosphoric ester groups is 2. The molecule has 0 aromatic heterocycles. The van der Waals surface area contributed by atoms with Crippen LogP contribution in [0.25, 0.3) is 0 Å². The summed E-state index contributed by atoms with van der Waals surface area (Å²) in [6.45, 7) is 4.37. The minimum absolute atomic E-state index is 0.0747. The van der Waals surface area contributed by atoms with Gasteiger partial charge in [0.15, 0.2) is 12.2 Å². The summed E-state index contributed by atoms with van der Waals surface area (Å²) in [4.78, 5) is 72.9. The highest BCUT2D eigenvalue weighted by Gasteiger charge is 2.30. The van der Waals surface area contributed by atoms with Gasteiger partial charge in [0.1, 0.15) is 19.3 Å². The minimum Gasteiger partial charge on any atom is -0.462 e. The first-order chi connectivity index (χ1) is 50.7. The van der Waals surface area contributed by atoms with Crippen LogP contribution in [-0.2, 0) is 65.4 Å². The van der Waals surface area contributed by atoms with E-state index in [1.165, 1.54) is 25.7 Å². The normalized spacial score (nSPS) is 14.7. The van der Waals surface area contributed by atoms with Crippen LogP contribution in [0.2, 0.25) is 0 Å². The number of phosphoric acid groups is 2. The summed E-state index contributed by atoms with van der Waals surface area (Å²) in [5, 5.41) is 10.6. The van der Waals surface area contributed by atoms with Gasteiger partial charge in [-0.3, -0.25) is 37.3 Å². The van der Waals surface area contributed by atoms with Gasteiger partial charge in [-0.15, -0.1) is 0 Å². The number of aliphatic hydroxyl groups is 1. The third-order valence-electron chi connectivity index (χ3n) is 16.0. The lowest BCUT2D eigenvalue weighted by atomic mass is 10.1. The molecule has 0 heterocycles. The average molecular weight is 1500 g/mol. The smallest absolute Gasteiger partial charge is 0.462 e. The van der Waals surface area contributed by atoms with Gasteiger partial charge in [-0.25, -0.2) is 9.13 Å². The van der Waals surface area contributed by atoms with E-state index in [0.717, 1.165) is 193 Å². The van der Waals surface area contributed by atoms with E-state index in [-0.39, 0.29) is 25.7 Å². The molecule has 0 rings (SSSR count). The highest BCUT2D eigenvalue weighted by atomic mass is 31.2. The molecule has 104 heavy (non-hydrogen) atoms. The number of hydrogen-bond donors (Lipinski definition) is 3. The van der Waals surface area contributed by atoms with E-state index >= 15 is 0 Å². The lowest BCUT2D eigenvalue weighted by Crippen LogP contribution is -2.30. The number of allylic oxidation sites excluding steroid dienone is 25. The molecule has 0 aliphatic heterocycles. The highest BCUT2D eigenvalue weighted by molar-refractivity contribution is 7.47. The van der Waals surface area contributed by atoms with Crippen LogP contribution in [0.5, 0.6) is 0 Å². The van der Waals surface area contributed by atoms with Crippen LogP contribution < -0.4 is 0 Å². The fourth-order valence-corrected chi connectivity index (χ4v) is 11.6. The van der Waals surface area contributed by atoms with Crippen LogP contribution in [0.3, 0.4) is 0 Å². The van der Waals surface area contributed by atoms with Crippen LogP contribution >= 0.6 is 15.6 Å². The molecule has 0 bridgehead atoms. The Balaban J connectivity index is 5.43. The number of esters is 4. The van der Waals surface area contributed by atoms with E-state index in [1.54, 1.807) is 12.2 Å². The molecule has 0 aliphatic rings. The van der Waals surface area contributed by atoms with Gasteiger partial charge in [-0.05, 0) is 148 Å². The quantitative estimate of drug-likeness (QED) is 0.0169. The van der Waals surface area contributed by atoms with E-state index in [9.17, 15) is 43.2 Å². The summed E-state index contributed by atoms with van der Waals surface area (Å²) in [7, 11) is -10.0. The molecule has 0 fully saturated rings. The maximum absolute atomic E-state index is 13.1. The van der Waals surface area contributed by atoms with Gasteiger partial charge in [-0.1, -0.05) is 282 Å². The first-order valence-corrected chi connectivity index (χ1v) is 42.7. The molecule has 0 saturated carbocycles. The first-order valence-electron chi connectivity index (χ1n) is 39.7. The van der Waals surface area contributed by atoms with Crippen molar-refractivity contribution in [1.29, 1.82) is 0 Å². The van der Waals surface area contributed by atoms with Gasteiger partial charge < -0.3 is 33.8 Å². The van der Waals surface area contributed by atoms with Gasteiger partial charge in [-0.2, -0.15) is 0 Å². The number of carbonyl (C=O) groups excluding carboxylic acids is 4. The van der Waals surface area contributed by atoms with Gasteiger partial charge in [0.25, 0.3) is 0 Å². The molecule has 0 amide bonds. The molecule has 592 valence electrons. The lowest BCUT2D eigenvalue weighted by molar-refractivity contribution is -0.161. The maximum atomic E-state index is 13.1. The monoisotopic (exact) mass is 1490 g/mol. The number of ether oxygens (including phenoxy) is 4. The third kappa shape index (κ3) is 74.9. The fraction of sp³-hybridized carbons (Fsp3) is 0.647. The Morgan fingerprint density at radius 3 is 0.865 bits per heavy atom. The Kier molecular flexibility index (Phi) is 72.0. The summed E-state index contributed by atoms with van der Waals surface area (Å²) in [5.41, 5.74) is 0. The van der Waals surface area contributed by atoms with Gasteiger partial charge in [0.2, 0.25) is 0 Å². The Labute approximate surface area is 629 Å². The van der Waals surface area contributed by atoms with Crippen molar-refractivity contribution < 1.29 is 80.2 Å². The highest BCUT2D eigenvalue weighted by Crippen LogP contribution is 2.45. The predicted molar refractivity (Wildman–Crippen MR) is 427 cm³/mol. The number of carbonyl (C=O) groups is 4. The van der Waals surface area contributed by atoms with Gasteiger partial charge >= 0.3 is 39.5 Å². The second-order valence-electron chi connectivity index (χ2n) is 25.9. The number of unbranched alkanes of at least 4 members (excludes halogenated alkanes) is 22. The van der Waals surface area contributed by atoms with Crippen molar-refractivity contribution in [3.05, 3.63) is 158 Å². The molecule has 0 aromatic carbocycles. The van der Waals surface area contributed by atoms with E-state index in [4.69, 9.17) is 37.0 Å². The van der Waals surface area contributed by atoms with Crippen LogP contribution in [0, 0.1) is 0 Å². The van der Waals surface area contributed by atoms with Gasteiger partial charge in [0.05, 0.1) is 32.8 Å². The number of rotatable bonds is 73. The van der Waals surface area contributed by atoms with Crippen molar-refractivity contribution in [3.8, 4) is 0 Å². The van der Waals surface area contributed by atoms with E-state index in [1.807, 2.05) is 12.2 Å². The molecule has 17 nitrogen and oxygen atoms in total. The maximum Gasteiger partial charge on any atom is 0.472 e. The summed E-state index contributed by atoms with van der Waals surface area (Å²) < 4.78 is 68.4. The molecule has 19 heteroatoms. The molecule has 0 radical (unpaired) electrons. The molecular weight excluding hydrogens is 1350 g/mol. The molecular formula is C85H140O17P2. The van der Waals surface area contributed by atoms with Crippen LogP contribution in [0.1, 0.15) is 297 Å². The van der Waals surface area contributed by atoms with E-state index < -0.39 is 97.5 Å². The van der Waals surface area contributed by atoms with Crippen molar-refractivity contribution in [1.82, 2.24) is 0 Å². The van der Waals surface area contributed by atoms with E-state index in [2.05, 4.69) is 161 Å². The average Bonchev–Trinajstić information content (AvgIpc) is 0.925. The Hall–Kier alpha value is -5.32. The van der Waals surface area contributed by atoms with Crippen molar-refractivity contribution in [3.63, 3.8) is 0 Å². The summed E-state index contributed by atoms with van der Waals surface area (Å²) >= 11 is 0. The molecule has 0 saturated heterocycles. The SMILES string of the molecule is CC/C=C\C/C=C\C/C=C\C/C=C\C/C=C\CC(=O)OC(COC(=O)CCCCCCCCC/C=C\C/C=C\C/C=C\CC)COP(=O)(O)OCC(O)COP(=O)(O)OCC(COC(=O)CCCCCCCC/C=C\C/C=C\C/C=C\C/C=C\CC)OC(=O)CCCCCCC/C=C\CCCCCC. The second-order valence-corrected chi connectivity index (χ2v) is 28.8. The molecule has 3 N–H and O–H groups in total. The summed E-state index contributed by atoms with van der Waals surface area (Å²) in [6, 6.07) is 0. The molecule has 0 aromatic rings. The van der Waals surface area contributed by atoms with E-state index in [0.29, 0.717) is 25.7 Å². The zero-order valence-corrected chi connectivity index (χ0v) is 66.4. The minimum atomic E-state index is -5.01. The van der Waals surface area contributed by atoms with Crippen molar-refractivity contribution in [2.75, 3.05) is 39.6 Å². The summed E-state index contributed by atoms with van der Waals surface area (Å²) in [6.07, 6.45) is 88.3. The standard InChI is InChI=1S/C85H140O17P2/c1-5-9-13-17-21-25-29-33-36-38-39-41-44-47-50-54-58-62-66-70-83(88)95-75-80(101-84(89)71-67-63-59-55-51-45-32-28-24-20-16-12-8-4)77-99-103(91,92)97-73-79(86)74-98-104(93,94)100-78-81(102-85(90)72-68-64-60-56-52-48-42-35-31-27-23-19-15-11-7-3)76-96-82(87)69-65-61-57-53-49-46-43-40-37-34-30-26-22-18-14-10-6-2/h9-11,13-15,21-23,25-28,32-37,39,41-42,52,56,64,68,79-81,86H,5-8,12,16-20,24,29-31,38,40,43-51,53-55,57-63,65-67,69-78H2,1-4H3,(H,91,92)(H,93,94)/b13-9-,14-10-,15-11-,25-21-,26-22-,27-23-,32-28-,36-33-,37-34-,41-39-,42-35-,56-52-,68-64-. The fourth-order valence-electron chi connectivity index (χ4n) is 10.1. The Morgan fingerprint density at radius 1 is 0.288 bits per heavy atom. The molecule has 0 aliphatic carbocycles. The van der Waals surface area contributed by atoms with Gasteiger partial charge in [0, 0.05) is 19.3 Å².